The number of halogens is 1. The van der Waals surface area contributed by atoms with Gasteiger partial charge >= 0.3 is 0 Å². The van der Waals surface area contributed by atoms with E-state index in [0.717, 1.165) is 19.3 Å². The van der Waals surface area contributed by atoms with Crippen molar-refractivity contribution in [3.8, 4) is 0 Å². The molecule has 0 atom stereocenters. The van der Waals surface area contributed by atoms with Crippen LogP contribution in [0.3, 0.4) is 0 Å². The molecule has 17 heavy (non-hydrogen) atoms. The van der Waals surface area contributed by atoms with Gasteiger partial charge in [-0.1, -0.05) is 24.9 Å². The van der Waals surface area contributed by atoms with E-state index in [1.807, 2.05) is 0 Å². The Hall–Kier alpha value is -1.07. The molecule has 6 heteroatoms. The van der Waals surface area contributed by atoms with Crippen molar-refractivity contribution < 1.29 is 0 Å². The molecule has 3 N–H and O–H groups in total. The molecule has 0 amide bonds. The highest BCUT2D eigenvalue weighted by molar-refractivity contribution is 6.32. The summed E-state index contributed by atoms with van der Waals surface area (Å²) in [6.45, 7) is 3.97. The molecule has 0 spiro atoms. The molecule has 1 aromatic rings. The zero-order valence-corrected chi connectivity index (χ0v) is 10.8. The van der Waals surface area contributed by atoms with Crippen molar-refractivity contribution in [1.82, 2.24) is 9.78 Å². The number of hydrogen-bond donors (Lipinski definition) is 2. The maximum atomic E-state index is 11.8. The van der Waals surface area contributed by atoms with E-state index in [1.54, 1.807) is 6.20 Å². The number of aromatic nitrogens is 2. The highest BCUT2D eigenvalue weighted by atomic mass is 35.5. The van der Waals surface area contributed by atoms with Crippen molar-refractivity contribution in [3.63, 3.8) is 0 Å². The van der Waals surface area contributed by atoms with Gasteiger partial charge in [0.2, 0.25) is 0 Å². The summed E-state index contributed by atoms with van der Waals surface area (Å²) in [6.07, 6.45) is 4.36. The van der Waals surface area contributed by atoms with Crippen LogP contribution in [-0.4, -0.2) is 22.9 Å². The molecule has 0 saturated heterocycles. The number of hydrogen-bond acceptors (Lipinski definition) is 4. The van der Waals surface area contributed by atoms with E-state index < -0.39 is 0 Å². The van der Waals surface area contributed by atoms with Crippen LogP contribution in [0.5, 0.6) is 0 Å². The lowest BCUT2D eigenvalue weighted by atomic mass is 10.3. The quantitative estimate of drug-likeness (QED) is 0.727. The smallest absolute Gasteiger partial charge is 0.287 e. The lowest BCUT2D eigenvalue weighted by Gasteiger charge is -2.09. The van der Waals surface area contributed by atoms with Gasteiger partial charge in [-0.3, -0.25) is 4.79 Å². The standard InChI is InChI=1S/C11H19ClN4O/c1-2-3-7-16-11(17)10(12)9(8-15-16)14-6-4-5-13/h8,14H,2-7,13H2,1H3. The van der Waals surface area contributed by atoms with Gasteiger partial charge in [0.15, 0.2) is 0 Å². The molecule has 0 aliphatic heterocycles. The summed E-state index contributed by atoms with van der Waals surface area (Å²) in [5, 5.41) is 7.33. The van der Waals surface area contributed by atoms with Crippen LogP contribution < -0.4 is 16.6 Å². The van der Waals surface area contributed by atoms with Gasteiger partial charge in [-0.05, 0) is 19.4 Å². The topological polar surface area (TPSA) is 72.9 Å². The largest absolute Gasteiger partial charge is 0.382 e. The Kier molecular flexibility index (Phi) is 6.00. The van der Waals surface area contributed by atoms with Gasteiger partial charge in [-0.25, -0.2) is 4.68 Å². The Morgan fingerprint density at radius 3 is 2.94 bits per heavy atom. The minimum absolute atomic E-state index is 0.202. The second kappa shape index (κ2) is 7.29. The summed E-state index contributed by atoms with van der Waals surface area (Å²) in [5.41, 5.74) is 5.73. The third-order valence-electron chi connectivity index (χ3n) is 2.40. The number of nitrogens with one attached hydrogen (secondary N) is 1. The molecular weight excluding hydrogens is 240 g/mol. The van der Waals surface area contributed by atoms with Crippen molar-refractivity contribution in [2.45, 2.75) is 32.7 Å². The number of aryl methyl sites for hydroxylation is 1. The molecule has 1 aromatic heterocycles. The molecule has 1 rings (SSSR count). The Morgan fingerprint density at radius 1 is 1.53 bits per heavy atom. The summed E-state index contributed by atoms with van der Waals surface area (Å²) in [7, 11) is 0. The third-order valence-corrected chi connectivity index (χ3v) is 2.77. The monoisotopic (exact) mass is 258 g/mol. The Bertz CT molecular complexity index is 405. The van der Waals surface area contributed by atoms with Crippen LogP contribution in [0.25, 0.3) is 0 Å². The fourth-order valence-corrected chi connectivity index (χ4v) is 1.59. The predicted molar refractivity (Wildman–Crippen MR) is 70.6 cm³/mol. The summed E-state index contributed by atoms with van der Waals surface area (Å²) in [5.74, 6) is 0. The molecule has 0 aliphatic carbocycles. The lowest BCUT2D eigenvalue weighted by molar-refractivity contribution is 0.543. The first-order chi connectivity index (χ1) is 8.20. The van der Waals surface area contributed by atoms with E-state index in [4.69, 9.17) is 17.3 Å². The second-order valence-electron chi connectivity index (χ2n) is 3.82. The summed E-state index contributed by atoms with van der Waals surface area (Å²) in [4.78, 5) is 11.8. The molecule has 0 saturated carbocycles. The normalized spacial score (nSPS) is 10.5. The second-order valence-corrected chi connectivity index (χ2v) is 4.20. The molecule has 5 nitrogen and oxygen atoms in total. The average molecular weight is 259 g/mol. The number of anilines is 1. The summed E-state index contributed by atoms with van der Waals surface area (Å²) >= 11 is 5.99. The van der Waals surface area contributed by atoms with E-state index in [9.17, 15) is 4.79 Å². The summed E-state index contributed by atoms with van der Waals surface area (Å²) in [6, 6.07) is 0. The number of nitrogens with zero attached hydrogens (tertiary/aromatic N) is 2. The molecule has 0 aromatic carbocycles. The van der Waals surface area contributed by atoms with E-state index in [-0.39, 0.29) is 10.6 Å². The van der Waals surface area contributed by atoms with Crippen molar-refractivity contribution in [3.05, 3.63) is 21.6 Å². The highest BCUT2D eigenvalue weighted by Crippen LogP contribution is 2.14. The molecule has 0 aliphatic rings. The Balaban J connectivity index is 2.76. The van der Waals surface area contributed by atoms with Crippen molar-refractivity contribution in [2.75, 3.05) is 18.4 Å². The van der Waals surface area contributed by atoms with Crippen LogP contribution in [0.4, 0.5) is 5.69 Å². The predicted octanol–water partition coefficient (Wildman–Crippen LogP) is 1.46. The van der Waals surface area contributed by atoms with Crippen LogP contribution in [-0.2, 0) is 6.54 Å². The Morgan fingerprint density at radius 2 is 2.29 bits per heavy atom. The third kappa shape index (κ3) is 4.02. The minimum Gasteiger partial charge on any atom is -0.382 e. The Labute approximate surface area is 106 Å². The van der Waals surface area contributed by atoms with Gasteiger partial charge in [0.05, 0.1) is 11.9 Å². The van der Waals surface area contributed by atoms with Gasteiger partial charge in [-0.15, -0.1) is 0 Å². The van der Waals surface area contributed by atoms with Gasteiger partial charge in [0, 0.05) is 13.1 Å². The number of rotatable bonds is 7. The first kappa shape index (κ1) is 14.0. The molecule has 96 valence electrons. The molecule has 0 fully saturated rings. The molecule has 0 radical (unpaired) electrons. The van der Waals surface area contributed by atoms with E-state index in [0.29, 0.717) is 25.3 Å². The van der Waals surface area contributed by atoms with Crippen molar-refractivity contribution >= 4 is 17.3 Å². The van der Waals surface area contributed by atoms with Crippen molar-refractivity contribution in [1.29, 1.82) is 0 Å². The zero-order valence-electron chi connectivity index (χ0n) is 10.1. The molecule has 1 heterocycles. The van der Waals surface area contributed by atoms with Crippen molar-refractivity contribution in [2.24, 2.45) is 5.73 Å². The number of unbranched alkanes of at least 4 members (excludes halogenated alkanes) is 1. The first-order valence-corrected chi connectivity index (χ1v) is 6.28. The maximum Gasteiger partial charge on any atom is 0.287 e. The fraction of sp³-hybridized carbons (Fsp3) is 0.636. The highest BCUT2D eigenvalue weighted by Gasteiger charge is 2.08. The molecular formula is C11H19ClN4O. The maximum absolute atomic E-state index is 11.8. The van der Waals surface area contributed by atoms with E-state index in [1.165, 1.54) is 4.68 Å². The molecule has 0 unspecified atom stereocenters. The van der Waals surface area contributed by atoms with Crippen LogP contribution in [0.15, 0.2) is 11.0 Å². The van der Waals surface area contributed by atoms with Gasteiger partial charge in [-0.2, -0.15) is 5.10 Å². The van der Waals surface area contributed by atoms with Gasteiger partial charge < -0.3 is 11.1 Å². The first-order valence-electron chi connectivity index (χ1n) is 5.90. The van der Waals surface area contributed by atoms with E-state index in [2.05, 4.69) is 17.3 Å². The van der Waals surface area contributed by atoms with E-state index >= 15 is 0 Å². The van der Waals surface area contributed by atoms with Crippen LogP contribution >= 0.6 is 11.6 Å². The molecule has 0 bridgehead atoms. The lowest BCUT2D eigenvalue weighted by Crippen LogP contribution is -2.24. The number of nitrogens with two attached hydrogens (primary N) is 1. The van der Waals surface area contributed by atoms with Gasteiger partial charge in [0.25, 0.3) is 5.56 Å². The fourth-order valence-electron chi connectivity index (χ4n) is 1.38. The SMILES string of the molecule is CCCCn1ncc(NCCCN)c(Cl)c1=O. The zero-order chi connectivity index (χ0) is 12.7. The van der Waals surface area contributed by atoms with Gasteiger partial charge in [0.1, 0.15) is 5.02 Å². The van der Waals surface area contributed by atoms with Crippen LogP contribution in [0.1, 0.15) is 26.2 Å². The van der Waals surface area contributed by atoms with Crippen LogP contribution in [0, 0.1) is 0 Å². The summed E-state index contributed by atoms with van der Waals surface area (Å²) < 4.78 is 1.40. The van der Waals surface area contributed by atoms with Crippen LogP contribution in [0.2, 0.25) is 5.02 Å². The minimum atomic E-state index is -0.238. The average Bonchev–Trinajstić information content (AvgIpc) is 2.34.